The lowest BCUT2D eigenvalue weighted by Crippen LogP contribution is -2.17. The number of aryl methyl sites for hydroxylation is 1. The molecule has 5 nitrogen and oxygen atoms in total. The highest BCUT2D eigenvalue weighted by molar-refractivity contribution is 5.73. The molecule has 172 valence electrons. The van der Waals surface area contributed by atoms with Crippen molar-refractivity contribution in [3.05, 3.63) is 100 Å². The number of halogens is 3. The number of pyridine rings is 2. The zero-order valence-electron chi connectivity index (χ0n) is 18.6. The van der Waals surface area contributed by atoms with Gasteiger partial charge in [-0.1, -0.05) is 6.07 Å². The number of hydrogen-bond acceptors (Lipinski definition) is 5. The van der Waals surface area contributed by atoms with E-state index < -0.39 is 11.9 Å². The molecule has 1 atom stereocenters. The number of aromatic nitrogens is 2. The maximum atomic E-state index is 12.7. The van der Waals surface area contributed by atoms with Crippen molar-refractivity contribution < 1.29 is 17.9 Å². The first kappa shape index (κ1) is 22.6. The van der Waals surface area contributed by atoms with Gasteiger partial charge in [0.25, 0.3) is 0 Å². The van der Waals surface area contributed by atoms with Gasteiger partial charge in [-0.25, -0.2) is 0 Å². The fourth-order valence-corrected chi connectivity index (χ4v) is 4.11. The highest BCUT2D eigenvalue weighted by atomic mass is 19.4. The fourth-order valence-electron chi connectivity index (χ4n) is 4.11. The van der Waals surface area contributed by atoms with Crippen LogP contribution < -0.4 is 5.73 Å². The maximum Gasteiger partial charge on any atom is 0.433 e. The van der Waals surface area contributed by atoms with Gasteiger partial charge < -0.3 is 15.4 Å². The Labute approximate surface area is 190 Å². The fraction of sp³-hybridized carbons (Fsp3) is 0.280. The molecule has 4 rings (SSSR count). The van der Waals surface area contributed by atoms with Crippen LogP contribution in [0.2, 0.25) is 0 Å². The molecule has 0 saturated heterocycles. The van der Waals surface area contributed by atoms with Gasteiger partial charge in [0, 0.05) is 54.1 Å². The van der Waals surface area contributed by atoms with Gasteiger partial charge >= 0.3 is 6.18 Å². The van der Waals surface area contributed by atoms with Gasteiger partial charge in [-0.15, -0.1) is 0 Å². The normalized spacial score (nSPS) is 18.8. The topological polar surface area (TPSA) is 64.3 Å². The Balaban J connectivity index is 1.60. The van der Waals surface area contributed by atoms with Gasteiger partial charge in [0.1, 0.15) is 18.1 Å². The van der Waals surface area contributed by atoms with Crippen molar-refractivity contribution in [2.75, 3.05) is 7.05 Å². The summed E-state index contributed by atoms with van der Waals surface area (Å²) in [6.45, 7) is 4.12. The van der Waals surface area contributed by atoms with Crippen molar-refractivity contribution >= 4 is 5.70 Å². The van der Waals surface area contributed by atoms with E-state index in [4.69, 9.17) is 10.5 Å². The van der Waals surface area contributed by atoms with E-state index >= 15 is 0 Å². The molecule has 0 saturated carbocycles. The van der Waals surface area contributed by atoms with E-state index in [0.717, 1.165) is 39.9 Å². The number of nitrogens with zero attached hydrogens (tertiary/aromatic N) is 3. The molecule has 2 aromatic heterocycles. The minimum atomic E-state index is -4.46. The molecule has 1 aliphatic heterocycles. The Kier molecular flexibility index (Phi) is 6.01. The van der Waals surface area contributed by atoms with E-state index in [1.54, 1.807) is 0 Å². The van der Waals surface area contributed by atoms with Crippen LogP contribution in [0.1, 0.15) is 35.9 Å². The second-order valence-corrected chi connectivity index (χ2v) is 8.23. The van der Waals surface area contributed by atoms with E-state index in [2.05, 4.69) is 16.9 Å². The third kappa shape index (κ3) is 4.79. The lowest BCUT2D eigenvalue weighted by atomic mass is 9.84. The minimum Gasteiger partial charge on any atom is -0.489 e. The standard InChI is InChI=1S/C25H25F3N4O/c1-15-4-6-18(12-30-15)24-16(2)21-10-19(7-8-20(21)22(29)13-32(24)3)33-14-17-5-9-23(31-11-17)25(26,27)28/h4-7,9-13,20H,8,14,29H2,1-3H3. The average Bonchev–Trinajstić information content (AvgIpc) is 2.87. The van der Waals surface area contributed by atoms with E-state index in [9.17, 15) is 13.2 Å². The summed E-state index contributed by atoms with van der Waals surface area (Å²) in [5, 5.41) is 0. The Morgan fingerprint density at radius 3 is 2.55 bits per heavy atom. The molecule has 0 fully saturated rings. The quantitative estimate of drug-likeness (QED) is 0.677. The van der Waals surface area contributed by atoms with Crippen LogP contribution in [0.15, 0.2) is 77.6 Å². The molecule has 0 bridgehead atoms. The van der Waals surface area contributed by atoms with Crippen LogP contribution in [0.25, 0.3) is 5.70 Å². The van der Waals surface area contributed by atoms with E-state index in [1.165, 1.54) is 12.3 Å². The van der Waals surface area contributed by atoms with Crippen LogP contribution >= 0.6 is 0 Å². The smallest absolute Gasteiger partial charge is 0.433 e. The molecular weight excluding hydrogens is 429 g/mol. The molecule has 0 radical (unpaired) electrons. The van der Waals surface area contributed by atoms with Gasteiger partial charge in [-0.2, -0.15) is 13.2 Å². The lowest BCUT2D eigenvalue weighted by molar-refractivity contribution is -0.141. The van der Waals surface area contributed by atoms with Crippen molar-refractivity contribution in [1.82, 2.24) is 14.9 Å². The number of allylic oxidation sites excluding steroid dienone is 4. The summed E-state index contributed by atoms with van der Waals surface area (Å²) >= 11 is 0. The lowest BCUT2D eigenvalue weighted by Gasteiger charge is -2.24. The number of ether oxygens (including phenoxy) is 1. The van der Waals surface area contributed by atoms with Crippen molar-refractivity contribution in [3.63, 3.8) is 0 Å². The molecule has 1 aliphatic carbocycles. The molecule has 0 amide bonds. The van der Waals surface area contributed by atoms with Gasteiger partial charge in [0.05, 0.1) is 5.70 Å². The number of rotatable bonds is 4. The molecule has 8 heteroatoms. The molecule has 1 unspecified atom stereocenters. The first-order chi connectivity index (χ1) is 15.6. The van der Waals surface area contributed by atoms with Gasteiger partial charge in [-0.05, 0) is 61.8 Å². The molecule has 0 spiro atoms. The Morgan fingerprint density at radius 1 is 1.12 bits per heavy atom. The summed E-state index contributed by atoms with van der Waals surface area (Å²) in [5.74, 6) is 0.669. The summed E-state index contributed by atoms with van der Waals surface area (Å²) in [5.41, 5.74) is 11.9. The molecule has 3 heterocycles. The Morgan fingerprint density at radius 2 is 1.91 bits per heavy atom. The van der Waals surface area contributed by atoms with Gasteiger partial charge in [-0.3, -0.25) is 9.97 Å². The molecular formula is C25H25F3N4O. The first-order valence-electron chi connectivity index (χ1n) is 10.5. The van der Waals surface area contributed by atoms with Crippen molar-refractivity contribution in [2.45, 2.75) is 33.1 Å². The maximum absolute atomic E-state index is 12.7. The second kappa shape index (κ2) is 8.77. The predicted octanol–water partition coefficient (Wildman–Crippen LogP) is 5.33. The largest absolute Gasteiger partial charge is 0.489 e. The number of nitrogens with two attached hydrogens (primary N) is 1. The van der Waals surface area contributed by atoms with E-state index in [-0.39, 0.29) is 12.5 Å². The first-order valence-corrected chi connectivity index (χ1v) is 10.5. The van der Waals surface area contributed by atoms with Crippen LogP contribution in [0, 0.1) is 12.8 Å². The van der Waals surface area contributed by atoms with Crippen LogP contribution in [-0.2, 0) is 17.5 Å². The number of fused-ring (bicyclic) bond motifs is 1. The highest BCUT2D eigenvalue weighted by Gasteiger charge is 2.32. The summed E-state index contributed by atoms with van der Waals surface area (Å²) in [6.07, 6.45) is 5.11. The van der Waals surface area contributed by atoms with Crippen molar-refractivity contribution in [3.8, 4) is 0 Å². The molecule has 33 heavy (non-hydrogen) atoms. The molecule has 2 aliphatic rings. The summed E-state index contributed by atoms with van der Waals surface area (Å²) in [7, 11) is 1.96. The summed E-state index contributed by atoms with van der Waals surface area (Å²) < 4.78 is 44.1. The predicted molar refractivity (Wildman–Crippen MR) is 120 cm³/mol. The average molecular weight is 454 g/mol. The van der Waals surface area contributed by atoms with Crippen molar-refractivity contribution in [1.29, 1.82) is 0 Å². The number of alkyl halides is 3. The summed E-state index contributed by atoms with van der Waals surface area (Å²) in [4.78, 5) is 9.94. The van der Waals surface area contributed by atoms with Gasteiger partial charge in [0.15, 0.2) is 0 Å². The molecule has 2 N–H and O–H groups in total. The zero-order valence-corrected chi connectivity index (χ0v) is 18.6. The Bertz CT molecular complexity index is 1160. The van der Waals surface area contributed by atoms with Gasteiger partial charge in [0.2, 0.25) is 0 Å². The van der Waals surface area contributed by atoms with Crippen molar-refractivity contribution in [2.24, 2.45) is 11.7 Å². The third-order valence-electron chi connectivity index (χ3n) is 5.82. The molecule has 2 aromatic rings. The van der Waals surface area contributed by atoms with Crippen LogP contribution in [0.3, 0.4) is 0 Å². The highest BCUT2D eigenvalue weighted by Crippen LogP contribution is 2.40. The Hall–Kier alpha value is -3.55. The van der Waals surface area contributed by atoms with E-state index in [1.807, 2.05) is 55.6 Å². The summed E-state index contributed by atoms with van der Waals surface area (Å²) in [6, 6.07) is 6.35. The van der Waals surface area contributed by atoms with E-state index in [0.29, 0.717) is 17.7 Å². The number of hydrogen-bond donors (Lipinski definition) is 1. The van der Waals surface area contributed by atoms with Crippen LogP contribution in [0.5, 0.6) is 0 Å². The zero-order chi connectivity index (χ0) is 23.8. The SMILES string of the molecule is CC1=C(c2ccc(C)nc2)N(C)C=C(N)C2CC=C(OCc3ccc(C(F)(F)F)nc3)C=C12. The third-order valence-corrected chi connectivity index (χ3v) is 5.82. The monoisotopic (exact) mass is 454 g/mol. The molecule has 0 aromatic carbocycles. The minimum absolute atomic E-state index is 0.0171. The van der Waals surface area contributed by atoms with Crippen LogP contribution in [-0.4, -0.2) is 21.9 Å². The second-order valence-electron chi connectivity index (χ2n) is 8.23. The van der Waals surface area contributed by atoms with Crippen LogP contribution in [0.4, 0.5) is 13.2 Å².